The molecule has 0 amide bonds. The van der Waals surface area contributed by atoms with Crippen molar-refractivity contribution < 1.29 is 9.84 Å². The van der Waals surface area contributed by atoms with E-state index in [0.29, 0.717) is 6.04 Å². The van der Waals surface area contributed by atoms with Gasteiger partial charge in [-0.1, -0.05) is 6.07 Å². The van der Waals surface area contributed by atoms with E-state index in [1.54, 1.807) is 14.0 Å². The predicted molar refractivity (Wildman–Crippen MR) is 65.1 cm³/mol. The first-order valence-electron chi connectivity index (χ1n) is 5.73. The van der Waals surface area contributed by atoms with E-state index in [-0.39, 0.29) is 0 Å². The summed E-state index contributed by atoms with van der Waals surface area (Å²) >= 11 is 0. The molecule has 3 heteroatoms. The fourth-order valence-electron chi connectivity index (χ4n) is 2.10. The molecule has 0 spiro atoms. The van der Waals surface area contributed by atoms with E-state index >= 15 is 0 Å². The van der Waals surface area contributed by atoms with Crippen LogP contribution in [0.15, 0.2) is 18.2 Å². The number of aliphatic hydroxyl groups is 1. The van der Waals surface area contributed by atoms with Crippen LogP contribution < -0.4 is 9.64 Å². The summed E-state index contributed by atoms with van der Waals surface area (Å²) in [5.41, 5.74) is 1.97. The van der Waals surface area contributed by atoms with Gasteiger partial charge in [0.05, 0.1) is 13.2 Å². The molecule has 1 N–H and O–H groups in total. The van der Waals surface area contributed by atoms with Crippen LogP contribution in [0.4, 0.5) is 5.69 Å². The van der Waals surface area contributed by atoms with Crippen LogP contribution in [0.25, 0.3) is 0 Å². The second-order valence-corrected chi connectivity index (χ2v) is 4.41. The fraction of sp³-hybridized carbons (Fsp3) is 0.538. The average molecular weight is 221 g/mol. The van der Waals surface area contributed by atoms with Gasteiger partial charge < -0.3 is 14.7 Å². The third-order valence-corrected chi connectivity index (χ3v) is 3.16. The first-order chi connectivity index (χ1) is 7.65. The average Bonchev–Trinajstić information content (AvgIpc) is 3.10. The van der Waals surface area contributed by atoms with Crippen molar-refractivity contribution in [1.29, 1.82) is 0 Å². The summed E-state index contributed by atoms with van der Waals surface area (Å²) in [5.74, 6) is 0.764. The molecule has 1 aliphatic rings. The lowest BCUT2D eigenvalue weighted by Crippen LogP contribution is -2.21. The number of methoxy groups -OCH3 is 1. The smallest absolute Gasteiger partial charge is 0.126 e. The summed E-state index contributed by atoms with van der Waals surface area (Å²) in [6.45, 7) is 1.78. The SMILES string of the molecule is COc1cccc(N(C)C2CC2)c1[C@@H](C)O. The van der Waals surface area contributed by atoms with Gasteiger partial charge in [0, 0.05) is 24.3 Å². The zero-order valence-corrected chi connectivity index (χ0v) is 10.1. The number of hydrogen-bond donors (Lipinski definition) is 1. The Bertz CT molecular complexity index is 372. The van der Waals surface area contributed by atoms with Crippen LogP contribution in [0, 0.1) is 0 Å². The largest absolute Gasteiger partial charge is 0.496 e. The molecule has 1 saturated carbocycles. The summed E-state index contributed by atoms with van der Waals surface area (Å²) in [5, 5.41) is 9.86. The third-order valence-electron chi connectivity index (χ3n) is 3.16. The van der Waals surface area contributed by atoms with Gasteiger partial charge in [0.25, 0.3) is 0 Å². The molecule has 3 nitrogen and oxygen atoms in total. The number of hydrogen-bond acceptors (Lipinski definition) is 3. The molecular weight excluding hydrogens is 202 g/mol. The Morgan fingerprint density at radius 1 is 1.44 bits per heavy atom. The third kappa shape index (κ3) is 2.00. The molecule has 0 unspecified atom stereocenters. The van der Waals surface area contributed by atoms with Gasteiger partial charge in [0.15, 0.2) is 0 Å². The highest BCUT2D eigenvalue weighted by atomic mass is 16.5. The van der Waals surface area contributed by atoms with Crippen molar-refractivity contribution in [2.75, 3.05) is 19.1 Å². The summed E-state index contributed by atoms with van der Waals surface area (Å²) in [6.07, 6.45) is 1.98. The molecule has 1 aromatic rings. The van der Waals surface area contributed by atoms with Crippen molar-refractivity contribution in [1.82, 2.24) is 0 Å². The molecule has 1 aromatic carbocycles. The number of nitrogens with zero attached hydrogens (tertiary/aromatic N) is 1. The number of benzene rings is 1. The van der Waals surface area contributed by atoms with Crippen LogP contribution in [0.3, 0.4) is 0 Å². The highest BCUT2D eigenvalue weighted by molar-refractivity contribution is 5.61. The normalized spacial score (nSPS) is 17.0. The molecule has 1 atom stereocenters. The van der Waals surface area contributed by atoms with Crippen molar-refractivity contribution >= 4 is 5.69 Å². The lowest BCUT2D eigenvalue weighted by atomic mass is 10.1. The van der Waals surface area contributed by atoms with Crippen LogP contribution in [0.1, 0.15) is 31.4 Å². The Labute approximate surface area is 96.6 Å². The Balaban J connectivity index is 2.41. The fourth-order valence-corrected chi connectivity index (χ4v) is 2.10. The van der Waals surface area contributed by atoms with Gasteiger partial charge in [-0.25, -0.2) is 0 Å². The minimum atomic E-state index is -0.507. The maximum atomic E-state index is 9.86. The highest BCUT2D eigenvalue weighted by Crippen LogP contribution is 2.38. The van der Waals surface area contributed by atoms with Crippen molar-refractivity contribution in [3.8, 4) is 5.75 Å². The van der Waals surface area contributed by atoms with Crippen LogP contribution in [0.5, 0.6) is 5.75 Å². The molecule has 0 radical (unpaired) electrons. The van der Waals surface area contributed by atoms with Gasteiger partial charge in [-0.2, -0.15) is 0 Å². The van der Waals surface area contributed by atoms with Crippen LogP contribution in [-0.2, 0) is 0 Å². The van der Waals surface area contributed by atoms with Crippen molar-refractivity contribution in [3.63, 3.8) is 0 Å². The Morgan fingerprint density at radius 2 is 2.12 bits per heavy atom. The van der Waals surface area contributed by atoms with Crippen LogP contribution in [-0.4, -0.2) is 25.3 Å². The van der Waals surface area contributed by atoms with Crippen molar-refractivity contribution in [2.24, 2.45) is 0 Å². The van der Waals surface area contributed by atoms with E-state index in [2.05, 4.69) is 11.9 Å². The molecule has 1 fully saturated rings. The molecule has 0 saturated heterocycles. The first kappa shape index (κ1) is 11.3. The second-order valence-electron chi connectivity index (χ2n) is 4.41. The maximum Gasteiger partial charge on any atom is 0.126 e. The zero-order valence-electron chi connectivity index (χ0n) is 10.1. The van der Waals surface area contributed by atoms with Gasteiger partial charge in [0.2, 0.25) is 0 Å². The minimum absolute atomic E-state index is 0.507. The monoisotopic (exact) mass is 221 g/mol. The lowest BCUT2D eigenvalue weighted by Gasteiger charge is -2.24. The highest BCUT2D eigenvalue weighted by Gasteiger charge is 2.29. The quantitative estimate of drug-likeness (QED) is 0.847. The number of ether oxygens (including phenoxy) is 1. The van der Waals surface area contributed by atoms with Gasteiger partial charge in [-0.3, -0.25) is 0 Å². The Hall–Kier alpha value is -1.22. The van der Waals surface area contributed by atoms with E-state index in [4.69, 9.17) is 4.74 Å². The summed E-state index contributed by atoms with van der Waals surface area (Å²) in [4.78, 5) is 2.24. The minimum Gasteiger partial charge on any atom is -0.496 e. The molecule has 0 aromatic heterocycles. The van der Waals surface area contributed by atoms with Gasteiger partial charge in [-0.05, 0) is 31.9 Å². The molecule has 1 aliphatic carbocycles. The Morgan fingerprint density at radius 3 is 2.62 bits per heavy atom. The molecule has 0 heterocycles. The van der Waals surface area contributed by atoms with E-state index in [1.165, 1.54) is 12.8 Å². The van der Waals surface area contributed by atoms with Crippen LogP contribution >= 0.6 is 0 Å². The van der Waals surface area contributed by atoms with E-state index in [1.807, 2.05) is 18.2 Å². The van der Waals surface area contributed by atoms with Gasteiger partial charge in [-0.15, -0.1) is 0 Å². The topological polar surface area (TPSA) is 32.7 Å². The van der Waals surface area contributed by atoms with Crippen molar-refractivity contribution in [3.05, 3.63) is 23.8 Å². The van der Waals surface area contributed by atoms with Crippen molar-refractivity contribution in [2.45, 2.75) is 31.9 Å². The van der Waals surface area contributed by atoms with Crippen LogP contribution in [0.2, 0.25) is 0 Å². The van der Waals surface area contributed by atoms with E-state index in [9.17, 15) is 5.11 Å². The molecule has 0 aliphatic heterocycles. The molecule has 2 rings (SSSR count). The lowest BCUT2D eigenvalue weighted by molar-refractivity contribution is 0.194. The first-order valence-corrected chi connectivity index (χ1v) is 5.73. The van der Waals surface area contributed by atoms with Gasteiger partial charge >= 0.3 is 0 Å². The molecule has 16 heavy (non-hydrogen) atoms. The Kier molecular flexibility index (Phi) is 3.06. The molecule has 88 valence electrons. The summed E-state index contributed by atoms with van der Waals surface area (Å²) < 4.78 is 5.31. The summed E-state index contributed by atoms with van der Waals surface area (Å²) in [7, 11) is 3.72. The maximum absolute atomic E-state index is 9.86. The van der Waals surface area contributed by atoms with E-state index in [0.717, 1.165) is 17.0 Å². The number of rotatable bonds is 4. The van der Waals surface area contributed by atoms with E-state index < -0.39 is 6.10 Å². The van der Waals surface area contributed by atoms with Gasteiger partial charge in [0.1, 0.15) is 5.75 Å². The second kappa shape index (κ2) is 4.34. The number of anilines is 1. The molecular formula is C13H19NO2. The zero-order chi connectivity index (χ0) is 11.7. The predicted octanol–water partition coefficient (Wildman–Crippen LogP) is 2.35. The number of aliphatic hydroxyl groups excluding tert-OH is 1. The standard InChI is InChI=1S/C13H19NO2/c1-9(15)13-11(14(2)10-7-8-10)5-4-6-12(13)16-3/h4-6,9-10,15H,7-8H2,1-3H3/t9-/m1/s1. The molecule has 0 bridgehead atoms. The summed E-state index contributed by atoms with van der Waals surface area (Å²) in [6, 6.07) is 6.54.